The van der Waals surface area contributed by atoms with E-state index in [9.17, 15) is 19.5 Å². The van der Waals surface area contributed by atoms with Gasteiger partial charge in [0.15, 0.2) is 0 Å². The van der Waals surface area contributed by atoms with Gasteiger partial charge in [-0.1, -0.05) is 54.7 Å². The van der Waals surface area contributed by atoms with Crippen molar-refractivity contribution < 1.29 is 24.2 Å². The fourth-order valence-corrected chi connectivity index (χ4v) is 4.09. The monoisotopic (exact) mass is 455 g/mol. The van der Waals surface area contributed by atoms with Crippen molar-refractivity contribution in [2.45, 2.75) is 32.1 Å². The highest BCUT2D eigenvalue weighted by Gasteiger charge is 2.21. The van der Waals surface area contributed by atoms with Gasteiger partial charge in [0.1, 0.15) is 5.75 Å². The van der Waals surface area contributed by atoms with Crippen LogP contribution in [0.5, 0.6) is 5.75 Å². The molecule has 1 atom stereocenters. The van der Waals surface area contributed by atoms with Crippen LogP contribution in [0.1, 0.15) is 63.9 Å². The third kappa shape index (κ3) is 5.23. The van der Waals surface area contributed by atoms with Gasteiger partial charge in [0, 0.05) is 12.8 Å². The number of carbonyl (C=O) groups is 3. The fraction of sp³-hybridized carbons (Fsp3) is 0.179. The van der Waals surface area contributed by atoms with Crippen molar-refractivity contribution in [3.8, 4) is 5.75 Å². The summed E-state index contributed by atoms with van der Waals surface area (Å²) in [6.07, 6.45) is 16.5. The highest BCUT2D eigenvalue weighted by molar-refractivity contribution is 6.10. The number of aromatic carboxylic acids is 1. The number of amides is 1. The summed E-state index contributed by atoms with van der Waals surface area (Å²) < 4.78 is 5.28. The molecular weight excluding hydrogens is 430 g/mol. The normalized spacial score (nSPS) is 16.6. The van der Waals surface area contributed by atoms with Crippen LogP contribution in [0.2, 0.25) is 0 Å². The molecule has 4 rings (SSSR count). The number of esters is 1. The topological polar surface area (TPSA) is 92.7 Å². The summed E-state index contributed by atoms with van der Waals surface area (Å²) >= 11 is 0. The summed E-state index contributed by atoms with van der Waals surface area (Å²) in [5.74, 6) is -2.03. The molecular formula is C28H25NO5. The number of nitrogens with one attached hydrogen (secondary N) is 1. The van der Waals surface area contributed by atoms with Crippen molar-refractivity contribution >= 4 is 29.1 Å². The van der Waals surface area contributed by atoms with Gasteiger partial charge in [0.2, 0.25) is 0 Å². The Kier molecular flexibility index (Phi) is 6.87. The molecule has 1 amide bonds. The average Bonchev–Trinajstić information content (AvgIpc) is 2.85. The molecule has 0 saturated heterocycles. The minimum Gasteiger partial charge on any atom is -0.478 e. The summed E-state index contributed by atoms with van der Waals surface area (Å²) in [7, 11) is 0. The van der Waals surface area contributed by atoms with Crippen LogP contribution in [0.3, 0.4) is 0 Å². The molecule has 34 heavy (non-hydrogen) atoms. The van der Waals surface area contributed by atoms with Crippen molar-refractivity contribution in [3.05, 3.63) is 101 Å². The first-order valence-electron chi connectivity index (χ1n) is 11.1. The van der Waals surface area contributed by atoms with Crippen molar-refractivity contribution in [2.75, 3.05) is 5.32 Å². The molecule has 0 heterocycles. The molecule has 2 aromatic rings. The lowest BCUT2D eigenvalue weighted by molar-refractivity contribution is -0.131. The molecule has 1 unspecified atom stereocenters. The number of allylic oxidation sites excluding steroid dienone is 8. The van der Waals surface area contributed by atoms with Gasteiger partial charge in [-0.15, -0.1) is 0 Å². The molecule has 0 saturated carbocycles. The second-order valence-corrected chi connectivity index (χ2v) is 8.18. The number of carboxylic acids is 1. The molecule has 2 aliphatic rings. The number of rotatable bonds is 6. The molecule has 2 N–H and O–H groups in total. The van der Waals surface area contributed by atoms with Crippen LogP contribution in [0.25, 0.3) is 5.57 Å². The first-order chi connectivity index (χ1) is 16.4. The Morgan fingerprint density at radius 3 is 2.53 bits per heavy atom. The maximum atomic E-state index is 13.4. The van der Waals surface area contributed by atoms with Gasteiger partial charge in [0.05, 0.1) is 16.8 Å². The molecule has 0 fully saturated rings. The van der Waals surface area contributed by atoms with Crippen LogP contribution in [0, 0.1) is 0 Å². The van der Waals surface area contributed by atoms with Gasteiger partial charge in [0.25, 0.3) is 5.91 Å². The van der Waals surface area contributed by atoms with E-state index in [0.29, 0.717) is 0 Å². The number of anilines is 1. The number of carbonyl (C=O) groups excluding carboxylic acids is 2. The average molecular weight is 456 g/mol. The number of hydrogen-bond acceptors (Lipinski definition) is 4. The van der Waals surface area contributed by atoms with E-state index >= 15 is 0 Å². The van der Waals surface area contributed by atoms with Gasteiger partial charge in [-0.3, -0.25) is 9.59 Å². The number of ether oxygens (including phenoxy) is 1. The van der Waals surface area contributed by atoms with Crippen molar-refractivity contribution in [3.63, 3.8) is 0 Å². The maximum Gasteiger partial charge on any atom is 0.337 e. The highest BCUT2D eigenvalue weighted by Crippen LogP contribution is 2.31. The predicted molar refractivity (Wildman–Crippen MR) is 131 cm³/mol. The molecule has 0 bridgehead atoms. The SMILES string of the molecule is CC(=O)Oc1ccc(C2=CC=CCC2)cc1C(=O)Nc1cc(C2C=CC=CC2)ccc1C(=O)O. The van der Waals surface area contributed by atoms with E-state index in [0.717, 1.165) is 36.0 Å². The third-order valence-electron chi connectivity index (χ3n) is 5.79. The Balaban J connectivity index is 1.70. The minimum atomic E-state index is -1.14. The zero-order valence-corrected chi connectivity index (χ0v) is 18.8. The van der Waals surface area contributed by atoms with Gasteiger partial charge in [-0.05, 0) is 60.2 Å². The summed E-state index contributed by atoms with van der Waals surface area (Å²) in [5.41, 5.74) is 3.14. The molecule has 0 radical (unpaired) electrons. The molecule has 2 aliphatic carbocycles. The highest BCUT2D eigenvalue weighted by atomic mass is 16.5. The van der Waals surface area contributed by atoms with Gasteiger partial charge in [-0.2, -0.15) is 0 Å². The first-order valence-corrected chi connectivity index (χ1v) is 11.1. The van der Waals surface area contributed by atoms with Crippen LogP contribution in [0.15, 0.2) is 78.9 Å². The van der Waals surface area contributed by atoms with Gasteiger partial charge in [-0.25, -0.2) is 4.79 Å². The Bertz CT molecular complexity index is 1270. The number of benzene rings is 2. The van der Waals surface area contributed by atoms with Crippen LogP contribution >= 0.6 is 0 Å². The van der Waals surface area contributed by atoms with E-state index in [2.05, 4.69) is 11.4 Å². The lowest BCUT2D eigenvalue weighted by atomic mass is 9.91. The first kappa shape index (κ1) is 23.0. The summed E-state index contributed by atoms with van der Waals surface area (Å²) in [6.45, 7) is 1.27. The molecule has 0 aliphatic heterocycles. The molecule has 6 heteroatoms. The second kappa shape index (κ2) is 10.2. The Morgan fingerprint density at radius 1 is 1.00 bits per heavy atom. The number of hydrogen-bond donors (Lipinski definition) is 2. The Hall–Kier alpha value is -4.19. The minimum absolute atomic E-state index is 0.0160. The van der Waals surface area contributed by atoms with E-state index in [1.165, 1.54) is 13.0 Å². The summed E-state index contributed by atoms with van der Waals surface area (Å²) in [5, 5.41) is 12.4. The van der Waals surface area contributed by atoms with E-state index in [4.69, 9.17) is 4.74 Å². The maximum absolute atomic E-state index is 13.4. The lowest BCUT2D eigenvalue weighted by Gasteiger charge is -2.18. The van der Waals surface area contributed by atoms with Crippen molar-refractivity contribution in [1.82, 2.24) is 0 Å². The fourth-order valence-electron chi connectivity index (χ4n) is 4.09. The third-order valence-corrected chi connectivity index (χ3v) is 5.79. The molecule has 2 aromatic carbocycles. The van der Waals surface area contributed by atoms with Crippen LogP contribution in [0.4, 0.5) is 5.69 Å². The molecule has 172 valence electrons. The zero-order valence-electron chi connectivity index (χ0n) is 18.8. The Morgan fingerprint density at radius 2 is 1.85 bits per heavy atom. The molecule has 6 nitrogen and oxygen atoms in total. The standard InChI is InChI=1S/C28H25NO5/c1-18(30)34-26-15-13-21(19-8-4-2-5-9-19)16-24(26)27(31)29-25-17-22(12-14-23(25)28(32)33)20-10-6-3-7-11-20/h2-4,6-8,10,12-17,20H,5,9,11H2,1H3,(H,29,31)(H,32,33). The molecule has 0 aromatic heterocycles. The lowest BCUT2D eigenvalue weighted by Crippen LogP contribution is -2.18. The van der Waals surface area contributed by atoms with Crippen LogP contribution in [-0.2, 0) is 4.79 Å². The van der Waals surface area contributed by atoms with E-state index < -0.39 is 17.8 Å². The number of carboxylic acid groups (broad SMARTS) is 1. The van der Waals surface area contributed by atoms with Crippen LogP contribution in [-0.4, -0.2) is 23.0 Å². The predicted octanol–water partition coefficient (Wildman–Crippen LogP) is 5.90. The smallest absolute Gasteiger partial charge is 0.337 e. The van der Waals surface area contributed by atoms with E-state index in [1.807, 2.05) is 42.5 Å². The molecule has 0 spiro atoms. The second-order valence-electron chi connectivity index (χ2n) is 8.18. The van der Waals surface area contributed by atoms with Crippen molar-refractivity contribution in [2.24, 2.45) is 0 Å². The largest absolute Gasteiger partial charge is 0.478 e. The van der Waals surface area contributed by atoms with Gasteiger partial charge >= 0.3 is 11.9 Å². The van der Waals surface area contributed by atoms with E-state index in [1.54, 1.807) is 24.3 Å². The summed E-state index contributed by atoms with van der Waals surface area (Å²) in [6, 6.07) is 10.0. The van der Waals surface area contributed by atoms with Crippen LogP contribution < -0.4 is 10.1 Å². The Labute approximate surface area is 197 Å². The zero-order chi connectivity index (χ0) is 24.1. The quantitative estimate of drug-likeness (QED) is 0.418. The van der Waals surface area contributed by atoms with Gasteiger partial charge < -0.3 is 15.2 Å². The van der Waals surface area contributed by atoms with Crippen molar-refractivity contribution in [1.29, 1.82) is 0 Å². The van der Waals surface area contributed by atoms with E-state index in [-0.39, 0.29) is 28.5 Å². The summed E-state index contributed by atoms with van der Waals surface area (Å²) in [4.78, 5) is 36.8.